The van der Waals surface area contributed by atoms with Crippen LogP contribution in [0.3, 0.4) is 0 Å². The van der Waals surface area contributed by atoms with Gasteiger partial charge >= 0.3 is 5.97 Å². The zero-order valence-electron chi connectivity index (χ0n) is 12.4. The molecule has 0 aromatic rings. The normalized spacial score (nSPS) is 47.0. The van der Waals surface area contributed by atoms with Crippen LogP contribution in [0, 0.1) is 5.41 Å². The highest BCUT2D eigenvalue weighted by Gasteiger charge is 2.70. The van der Waals surface area contributed by atoms with Crippen molar-refractivity contribution in [2.75, 3.05) is 6.61 Å². The Labute approximate surface area is 123 Å². The van der Waals surface area contributed by atoms with Crippen LogP contribution >= 0.6 is 0 Å². The first-order valence-electron chi connectivity index (χ1n) is 6.89. The van der Waals surface area contributed by atoms with E-state index in [0.29, 0.717) is 5.57 Å². The molecule has 2 fully saturated rings. The molecule has 1 saturated carbocycles. The van der Waals surface area contributed by atoms with Gasteiger partial charge in [-0.1, -0.05) is 13.0 Å². The van der Waals surface area contributed by atoms with E-state index in [9.17, 15) is 20.1 Å². The Morgan fingerprint density at radius 2 is 1.95 bits per heavy atom. The van der Waals surface area contributed by atoms with Crippen LogP contribution < -0.4 is 0 Å². The summed E-state index contributed by atoms with van der Waals surface area (Å²) in [4.78, 5) is 10.6. The van der Waals surface area contributed by atoms with Crippen molar-refractivity contribution in [2.24, 2.45) is 5.41 Å². The van der Waals surface area contributed by atoms with E-state index in [2.05, 4.69) is 0 Å². The second-order valence-electron chi connectivity index (χ2n) is 6.48. The van der Waals surface area contributed by atoms with Crippen molar-refractivity contribution in [1.82, 2.24) is 0 Å². The smallest absolute Gasteiger partial charge is 0.328 e. The number of aliphatic hydroxyl groups excluding tert-OH is 2. The van der Waals surface area contributed by atoms with Gasteiger partial charge in [0, 0.05) is 12.5 Å². The summed E-state index contributed by atoms with van der Waals surface area (Å²) in [7, 11) is 0. The number of fused-ring (bicyclic) bond motifs is 2. The molecule has 1 aliphatic heterocycles. The van der Waals surface area contributed by atoms with E-state index in [1.165, 1.54) is 12.2 Å². The molecule has 0 amide bonds. The third-order valence-corrected chi connectivity index (χ3v) is 4.92. The van der Waals surface area contributed by atoms with Gasteiger partial charge in [0.25, 0.3) is 0 Å². The second-order valence-corrected chi connectivity index (χ2v) is 6.48. The predicted molar refractivity (Wildman–Crippen MR) is 74.6 cm³/mol. The van der Waals surface area contributed by atoms with Gasteiger partial charge in [0.2, 0.25) is 0 Å². The summed E-state index contributed by atoms with van der Waals surface area (Å²) in [6, 6.07) is 0. The van der Waals surface area contributed by atoms with Gasteiger partial charge in [-0.25, -0.2) is 4.79 Å². The lowest BCUT2D eigenvalue weighted by Crippen LogP contribution is -2.67. The molecule has 0 aromatic heterocycles. The van der Waals surface area contributed by atoms with Crippen molar-refractivity contribution in [3.63, 3.8) is 0 Å². The lowest BCUT2D eigenvalue weighted by molar-refractivity contribution is -0.196. The molecule has 6 nitrogen and oxygen atoms in total. The maximum Gasteiger partial charge on any atom is 0.328 e. The van der Waals surface area contributed by atoms with E-state index in [0.717, 1.165) is 6.08 Å². The Hall–Kier alpha value is -1.21. The molecule has 1 aliphatic carbocycles. The largest absolute Gasteiger partial charge is 0.478 e. The number of aliphatic hydroxyl groups is 3. The topological polar surface area (TPSA) is 107 Å². The number of aliphatic carboxylic acids is 1. The van der Waals surface area contributed by atoms with Gasteiger partial charge in [0.15, 0.2) is 0 Å². The van der Waals surface area contributed by atoms with Gasteiger partial charge in [0.05, 0.1) is 24.2 Å². The summed E-state index contributed by atoms with van der Waals surface area (Å²) in [5, 5.41) is 40.0. The SMILES string of the molecule is CC(=C/C(=O)O)/C=C/[C@]1(O)[C@]2(C)C[C@H](O)[C@@H](O)[C@@]1(C)CO2. The number of rotatable bonds is 3. The number of carboxylic acids is 1. The molecule has 4 N–H and O–H groups in total. The highest BCUT2D eigenvalue weighted by atomic mass is 16.5. The summed E-state index contributed by atoms with van der Waals surface area (Å²) in [6.07, 6.45) is 2.03. The standard InChI is InChI=1S/C15H22O6/c1-9(6-11(17)18)4-5-15(20)13(2)8-21-14(15,3)7-10(16)12(13)19/h4-6,10,12,16,19-20H,7-8H2,1-3H3,(H,17,18)/b5-4+,9-6-/t10-,12+,13+,14-,15+/m0/s1. The molecule has 0 aromatic carbocycles. The molecule has 0 radical (unpaired) electrons. The first-order valence-corrected chi connectivity index (χ1v) is 6.89. The van der Waals surface area contributed by atoms with E-state index < -0.39 is 34.8 Å². The average molecular weight is 298 g/mol. The molecule has 2 rings (SSSR count). The number of hydrogen-bond acceptors (Lipinski definition) is 5. The van der Waals surface area contributed by atoms with Crippen molar-refractivity contribution >= 4 is 5.97 Å². The quantitative estimate of drug-likeness (QED) is 0.439. The van der Waals surface area contributed by atoms with Gasteiger partial charge in [-0.2, -0.15) is 0 Å². The van der Waals surface area contributed by atoms with Gasteiger partial charge in [-0.3, -0.25) is 0 Å². The zero-order chi connectivity index (χ0) is 16.1. The Kier molecular flexibility index (Phi) is 3.78. The fourth-order valence-electron chi connectivity index (χ4n) is 3.46. The maximum absolute atomic E-state index is 11.1. The molecule has 6 heteroatoms. The van der Waals surface area contributed by atoms with Crippen LogP contribution in [-0.4, -0.2) is 56.4 Å². The number of hydrogen-bond donors (Lipinski definition) is 4. The molecule has 5 atom stereocenters. The minimum atomic E-state index is -1.49. The van der Waals surface area contributed by atoms with E-state index in [1.54, 1.807) is 20.8 Å². The summed E-state index contributed by atoms with van der Waals surface area (Å²) in [6.45, 7) is 5.07. The van der Waals surface area contributed by atoms with Gasteiger partial charge in [-0.05, 0) is 25.5 Å². The van der Waals surface area contributed by atoms with Crippen molar-refractivity contribution in [3.05, 3.63) is 23.8 Å². The van der Waals surface area contributed by atoms with E-state index >= 15 is 0 Å². The van der Waals surface area contributed by atoms with Crippen LogP contribution in [0.1, 0.15) is 27.2 Å². The van der Waals surface area contributed by atoms with Gasteiger partial charge in [0.1, 0.15) is 11.2 Å². The lowest BCUT2D eigenvalue weighted by atomic mass is 9.57. The summed E-state index contributed by atoms with van der Waals surface area (Å²) >= 11 is 0. The fourth-order valence-corrected chi connectivity index (χ4v) is 3.46. The first kappa shape index (κ1) is 16.2. The number of ether oxygens (including phenoxy) is 1. The van der Waals surface area contributed by atoms with Gasteiger partial charge in [-0.15, -0.1) is 0 Å². The minimum Gasteiger partial charge on any atom is -0.478 e. The van der Waals surface area contributed by atoms with Crippen LogP contribution in [-0.2, 0) is 9.53 Å². The molecular formula is C15H22O6. The summed E-state index contributed by atoms with van der Waals surface area (Å²) in [5.41, 5.74) is -3.12. The van der Waals surface area contributed by atoms with Crippen LogP contribution in [0.5, 0.6) is 0 Å². The Bertz CT molecular complexity index is 512. The lowest BCUT2D eigenvalue weighted by Gasteiger charge is -2.52. The number of carboxylic acid groups (broad SMARTS) is 1. The Morgan fingerprint density at radius 1 is 1.33 bits per heavy atom. The molecule has 2 bridgehead atoms. The van der Waals surface area contributed by atoms with Crippen LogP contribution in [0.2, 0.25) is 0 Å². The molecule has 21 heavy (non-hydrogen) atoms. The second kappa shape index (κ2) is 4.91. The maximum atomic E-state index is 11.1. The first-order chi connectivity index (χ1) is 9.56. The molecule has 1 heterocycles. The molecule has 1 saturated heterocycles. The van der Waals surface area contributed by atoms with E-state index in [4.69, 9.17) is 9.84 Å². The Morgan fingerprint density at radius 3 is 2.52 bits per heavy atom. The Balaban J connectivity index is 2.41. The third-order valence-electron chi connectivity index (χ3n) is 4.92. The molecule has 118 valence electrons. The number of allylic oxidation sites excluding steroid dienone is 2. The molecule has 0 spiro atoms. The van der Waals surface area contributed by atoms with Crippen molar-refractivity contribution in [1.29, 1.82) is 0 Å². The zero-order valence-corrected chi connectivity index (χ0v) is 12.4. The third kappa shape index (κ3) is 2.23. The molecule has 0 unspecified atom stereocenters. The number of carbonyl (C=O) groups is 1. The van der Waals surface area contributed by atoms with Gasteiger partial charge < -0.3 is 25.2 Å². The van der Waals surface area contributed by atoms with Crippen LogP contribution in [0.15, 0.2) is 23.8 Å². The van der Waals surface area contributed by atoms with Crippen molar-refractivity contribution in [2.45, 2.75) is 50.6 Å². The van der Waals surface area contributed by atoms with Crippen molar-refractivity contribution in [3.8, 4) is 0 Å². The fraction of sp³-hybridized carbons (Fsp3) is 0.667. The summed E-state index contributed by atoms with van der Waals surface area (Å²) < 4.78 is 5.68. The highest BCUT2D eigenvalue weighted by molar-refractivity contribution is 5.81. The molecular weight excluding hydrogens is 276 g/mol. The molecule has 2 aliphatic rings. The minimum absolute atomic E-state index is 0.103. The monoisotopic (exact) mass is 298 g/mol. The highest BCUT2D eigenvalue weighted by Crippen LogP contribution is 2.57. The van der Waals surface area contributed by atoms with Crippen LogP contribution in [0.4, 0.5) is 0 Å². The predicted octanol–water partition coefficient (Wildman–Crippen LogP) is 0.225. The van der Waals surface area contributed by atoms with Crippen molar-refractivity contribution < 1.29 is 30.0 Å². The van der Waals surface area contributed by atoms with E-state index in [-0.39, 0.29) is 13.0 Å². The van der Waals surface area contributed by atoms with E-state index in [1.807, 2.05) is 0 Å². The van der Waals surface area contributed by atoms with Crippen LogP contribution in [0.25, 0.3) is 0 Å². The average Bonchev–Trinajstić information content (AvgIpc) is 2.51. The summed E-state index contributed by atoms with van der Waals surface area (Å²) in [5.74, 6) is -1.07.